The highest BCUT2D eigenvalue weighted by atomic mass is 32.1. The molecule has 3 aromatic rings. The Bertz CT molecular complexity index is 1030. The minimum absolute atomic E-state index is 0.0337. The SMILES string of the molecule is Cn1cc(N2CCc3nc(-c4ccc(N5CC[C@H](F)C5)nc4)sc3C2=O)cn1. The van der Waals surface area contributed by atoms with Crippen LogP contribution < -0.4 is 9.80 Å². The standard InChI is InChI=1S/C19H19FN6OS/c1-24-11-14(9-22-24)26-7-5-15-17(19(26)27)28-18(23-15)12-2-3-16(21-8-12)25-6-4-13(20)10-25/h2-3,8-9,11,13H,4-7,10H2,1H3/t13-/m0/s1. The zero-order valence-electron chi connectivity index (χ0n) is 15.4. The van der Waals surface area contributed by atoms with Gasteiger partial charge < -0.3 is 9.80 Å². The second kappa shape index (κ2) is 6.66. The van der Waals surface area contributed by atoms with Crippen molar-refractivity contribution in [3.05, 3.63) is 41.3 Å². The number of carbonyl (C=O) groups excluding carboxylic acids is 1. The number of hydrogen-bond acceptors (Lipinski definition) is 6. The molecule has 5 rings (SSSR count). The quantitative estimate of drug-likeness (QED) is 0.679. The van der Waals surface area contributed by atoms with E-state index in [1.807, 2.05) is 30.3 Å². The maximum atomic E-state index is 13.4. The van der Waals surface area contributed by atoms with Gasteiger partial charge in [-0.05, 0) is 18.6 Å². The number of carbonyl (C=O) groups is 1. The molecule has 0 N–H and O–H groups in total. The van der Waals surface area contributed by atoms with Crippen molar-refractivity contribution in [2.24, 2.45) is 7.05 Å². The topological polar surface area (TPSA) is 67.2 Å². The predicted molar refractivity (Wildman–Crippen MR) is 106 cm³/mol. The fourth-order valence-electron chi connectivity index (χ4n) is 3.67. The van der Waals surface area contributed by atoms with Gasteiger partial charge in [-0.1, -0.05) is 0 Å². The molecule has 0 bridgehead atoms. The van der Waals surface area contributed by atoms with E-state index in [4.69, 9.17) is 0 Å². The number of nitrogens with zero attached hydrogens (tertiary/aromatic N) is 6. The van der Waals surface area contributed by atoms with Crippen LogP contribution in [0.25, 0.3) is 10.6 Å². The molecule has 1 atom stereocenters. The lowest BCUT2D eigenvalue weighted by Crippen LogP contribution is -2.36. The highest BCUT2D eigenvalue weighted by Crippen LogP contribution is 2.33. The molecule has 0 spiro atoms. The van der Waals surface area contributed by atoms with Gasteiger partial charge in [-0.15, -0.1) is 11.3 Å². The predicted octanol–water partition coefficient (Wildman–Crippen LogP) is 2.69. The normalized spacial score (nSPS) is 19.4. The molecular formula is C19H19FN6OS. The van der Waals surface area contributed by atoms with E-state index in [0.29, 0.717) is 37.4 Å². The van der Waals surface area contributed by atoms with Gasteiger partial charge in [-0.25, -0.2) is 14.4 Å². The van der Waals surface area contributed by atoms with Crippen LogP contribution in [0.15, 0.2) is 30.7 Å². The highest BCUT2D eigenvalue weighted by Gasteiger charge is 2.30. The van der Waals surface area contributed by atoms with Crippen molar-refractivity contribution in [2.75, 3.05) is 29.4 Å². The minimum Gasteiger partial charge on any atom is -0.354 e. The van der Waals surface area contributed by atoms with E-state index in [0.717, 1.165) is 27.8 Å². The number of pyridine rings is 1. The number of alkyl halides is 1. The summed E-state index contributed by atoms with van der Waals surface area (Å²) in [5.41, 5.74) is 2.52. The van der Waals surface area contributed by atoms with Crippen molar-refractivity contribution >= 4 is 28.7 Å². The molecule has 1 fully saturated rings. The molecule has 1 saturated heterocycles. The first-order valence-corrected chi connectivity index (χ1v) is 10.1. The maximum absolute atomic E-state index is 13.4. The first kappa shape index (κ1) is 17.3. The number of aromatic nitrogens is 4. The number of anilines is 2. The Balaban J connectivity index is 1.39. The highest BCUT2D eigenvalue weighted by molar-refractivity contribution is 7.17. The summed E-state index contributed by atoms with van der Waals surface area (Å²) in [6.45, 7) is 1.69. The Labute approximate surface area is 165 Å². The first-order valence-electron chi connectivity index (χ1n) is 9.24. The average Bonchev–Trinajstić information content (AvgIpc) is 3.42. The zero-order chi connectivity index (χ0) is 19.3. The number of thiazole rings is 1. The van der Waals surface area contributed by atoms with Gasteiger partial charge in [0.25, 0.3) is 5.91 Å². The molecular weight excluding hydrogens is 379 g/mol. The molecule has 5 heterocycles. The van der Waals surface area contributed by atoms with Crippen LogP contribution in [-0.2, 0) is 13.5 Å². The molecule has 0 saturated carbocycles. The monoisotopic (exact) mass is 398 g/mol. The lowest BCUT2D eigenvalue weighted by molar-refractivity contribution is 0.0984. The maximum Gasteiger partial charge on any atom is 0.270 e. The Morgan fingerprint density at radius 2 is 2.14 bits per heavy atom. The molecule has 9 heteroatoms. The molecule has 3 aromatic heterocycles. The van der Waals surface area contributed by atoms with Gasteiger partial charge in [0.05, 0.1) is 24.1 Å². The van der Waals surface area contributed by atoms with Crippen LogP contribution in [0.3, 0.4) is 0 Å². The molecule has 2 aliphatic heterocycles. The molecule has 7 nitrogen and oxygen atoms in total. The van der Waals surface area contributed by atoms with E-state index in [2.05, 4.69) is 15.1 Å². The summed E-state index contributed by atoms with van der Waals surface area (Å²) in [5, 5.41) is 4.94. The molecule has 1 amide bonds. The van der Waals surface area contributed by atoms with Crippen LogP contribution in [0.2, 0.25) is 0 Å². The van der Waals surface area contributed by atoms with Crippen LogP contribution in [0.4, 0.5) is 15.9 Å². The largest absolute Gasteiger partial charge is 0.354 e. The molecule has 0 aliphatic carbocycles. The van der Waals surface area contributed by atoms with Crippen molar-refractivity contribution < 1.29 is 9.18 Å². The summed E-state index contributed by atoms with van der Waals surface area (Å²) in [4.78, 5) is 26.5. The summed E-state index contributed by atoms with van der Waals surface area (Å²) < 4.78 is 15.1. The zero-order valence-corrected chi connectivity index (χ0v) is 16.2. The number of amides is 1. The van der Waals surface area contributed by atoms with Gasteiger partial charge in [0.1, 0.15) is 21.9 Å². The summed E-state index contributed by atoms with van der Waals surface area (Å²) >= 11 is 1.40. The number of hydrogen-bond donors (Lipinski definition) is 0. The van der Waals surface area contributed by atoms with Crippen LogP contribution in [-0.4, -0.2) is 51.5 Å². The van der Waals surface area contributed by atoms with Crippen LogP contribution in [0.5, 0.6) is 0 Å². The summed E-state index contributed by atoms with van der Waals surface area (Å²) in [7, 11) is 1.83. The smallest absolute Gasteiger partial charge is 0.270 e. The second-order valence-corrected chi connectivity index (χ2v) is 8.11. The molecule has 28 heavy (non-hydrogen) atoms. The van der Waals surface area contributed by atoms with Crippen molar-refractivity contribution in [3.8, 4) is 10.6 Å². The van der Waals surface area contributed by atoms with E-state index in [1.165, 1.54) is 11.3 Å². The van der Waals surface area contributed by atoms with Gasteiger partial charge in [-0.3, -0.25) is 9.48 Å². The van der Waals surface area contributed by atoms with Crippen LogP contribution in [0.1, 0.15) is 21.8 Å². The fraction of sp³-hybridized carbons (Fsp3) is 0.368. The van der Waals surface area contributed by atoms with E-state index in [9.17, 15) is 9.18 Å². The van der Waals surface area contributed by atoms with Gasteiger partial charge >= 0.3 is 0 Å². The van der Waals surface area contributed by atoms with E-state index >= 15 is 0 Å². The summed E-state index contributed by atoms with van der Waals surface area (Å²) in [6.07, 6.45) is 5.79. The molecule has 0 radical (unpaired) electrons. The van der Waals surface area contributed by atoms with Crippen molar-refractivity contribution in [3.63, 3.8) is 0 Å². The third-order valence-electron chi connectivity index (χ3n) is 5.16. The Kier molecular flexibility index (Phi) is 4.12. The van der Waals surface area contributed by atoms with Gasteiger partial charge in [0, 0.05) is 44.5 Å². The number of aryl methyl sites for hydroxylation is 1. The Morgan fingerprint density at radius 3 is 2.82 bits per heavy atom. The molecule has 2 aliphatic rings. The average molecular weight is 398 g/mol. The van der Waals surface area contributed by atoms with Crippen molar-refractivity contribution in [1.29, 1.82) is 0 Å². The van der Waals surface area contributed by atoms with E-state index in [1.54, 1.807) is 22.0 Å². The van der Waals surface area contributed by atoms with Crippen LogP contribution >= 0.6 is 11.3 Å². The fourth-order valence-corrected chi connectivity index (χ4v) is 4.72. The van der Waals surface area contributed by atoms with Crippen molar-refractivity contribution in [2.45, 2.75) is 19.0 Å². The lowest BCUT2D eigenvalue weighted by atomic mass is 10.1. The number of halogens is 1. The van der Waals surface area contributed by atoms with Crippen LogP contribution in [0, 0.1) is 0 Å². The van der Waals surface area contributed by atoms with E-state index < -0.39 is 6.17 Å². The third-order valence-corrected chi connectivity index (χ3v) is 6.30. The first-order chi connectivity index (χ1) is 13.6. The lowest BCUT2D eigenvalue weighted by Gasteiger charge is -2.24. The third kappa shape index (κ3) is 2.95. The van der Waals surface area contributed by atoms with E-state index in [-0.39, 0.29) is 5.91 Å². The Morgan fingerprint density at radius 1 is 1.25 bits per heavy atom. The van der Waals surface area contributed by atoms with Gasteiger partial charge in [0.15, 0.2) is 0 Å². The summed E-state index contributed by atoms with van der Waals surface area (Å²) in [6, 6.07) is 3.85. The second-order valence-electron chi connectivity index (χ2n) is 7.11. The Hall–Kier alpha value is -2.81. The van der Waals surface area contributed by atoms with Gasteiger partial charge in [0.2, 0.25) is 0 Å². The number of rotatable bonds is 3. The molecule has 0 aromatic carbocycles. The van der Waals surface area contributed by atoms with Gasteiger partial charge in [-0.2, -0.15) is 5.10 Å². The van der Waals surface area contributed by atoms with Crippen molar-refractivity contribution in [1.82, 2.24) is 19.7 Å². The molecule has 144 valence electrons. The molecule has 0 unspecified atom stereocenters. The minimum atomic E-state index is -0.777. The number of fused-ring (bicyclic) bond motifs is 1. The summed E-state index contributed by atoms with van der Waals surface area (Å²) in [5.74, 6) is 0.748.